The van der Waals surface area contributed by atoms with Gasteiger partial charge in [-0.1, -0.05) is 20.3 Å². The first-order chi connectivity index (χ1) is 8.70. The number of nitrogens with one attached hydrogen (secondary N) is 1. The first-order valence-corrected chi connectivity index (χ1v) is 7.98. The van der Waals surface area contributed by atoms with E-state index in [9.17, 15) is 21.6 Å². The molecule has 114 valence electrons. The van der Waals surface area contributed by atoms with Crippen molar-refractivity contribution >= 4 is 10.2 Å². The van der Waals surface area contributed by atoms with Gasteiger partial charge >= 0.3 is 6.18 Å². The Kier molecular flexibility index (Phi) is 5.64. The summed E-state index contributed by atoms with van der Waals surface area (Å²) in [6.45, 7) is 4.01. The first kappa shape index (κ1) is 16.7. The SMILES string of the molecule is CCN(CC)S(=O)(=O)N[C@@H]1CCC[C@@H](C(F)(F)F)C1. The predicted molar refractivity (Wildman–Crippen MR) is 66.8 cm³/mol. The van der Waals surface area contributed by atoms with E-state index in [0.717, 1.165) is 0 Å². The average molecular weight is 302 g/mol. The molecule has 8 heteroatoms. The van der Waals surface area contributed by atoms with E-state index in [1.54, 1.807) is 13.8 Å². The molecule has 0 aliphatic heterocycles. The zero-order valence-corrected chi connectivity index (χ0v) is 12.0. The van der Waals surface area contributed by atoms with Crippen molar-refractivity contribution in [3.05, 3.63) is 0 Å². The third-order valence-corrected chi connectivity index (χ3v) is 5.33. The molecule has 19 heavy (non-hydrogen) atoms. The van der Waals surface area contributed by atoms with Crippen LogP contribution in [0.25, 0.3) is 0 Å². The Labute approximate surface area is 112 Å². The van der Waals surface area contributed by atoms with Crippen molar-refractivity contribution in [1.82, 2.24) is 9.03 Å². The molecular weight excluding hydrogens is 281 g/mol. The topological polar surface area (TPSA) is 49.4 Å². The number of hydrogen-bond acceptors (Lipinski definition) is 2. The molecule has 1 aliphatic carbocycles. The summed E-state index contributed by atoms with van der Waals surface area (Å²) in [6.07, 6.45) is -3.45. The van der Waals surface area contributed by atoms with Gasteiger partial charge < -0.3 is 0 Å². The monoisotopic (exact) mass is 302 g/mol. The van der Waals surface area contributed by atoms with Crippen molar-refractivity contribution in [2.45, 2.75) is 51.7 Å². The lowest BCUT2D eigenvalue weighted by atomic mass is 9.86. The first-order valence-electron chi connectivity index (χ1n) is 6.54. The van der Waals surface area contributed by atoms with Crippen LogP contribution in [0.4, 0.5) is 13.2 Å². The van der Waals surface area contributed by atoms with Gasteiger partial charge in [0.2, 0.25) is 0 Å². The van der Waals surface area contributed by atoms with E-state index in [4.69, 9.17) is 0 Å². The lowest BCUT2D eigenvalue weighted by molar-refractivity contribution is -0.183. The van der Waals surface area contributed by atoms with Gasteiger partial charge in [0.1, 0.15) is 0 Å². The van der Waals surface area contributed by atoms with Crippen molar-refractivity contribution in [3.8, 4) is 0 Å². The Balaban J connectivity index is 2.67. The van der Waals surface area contributed by atoms with Gasteiger partial charge in [-0.05, 0) is 19.3 Å². The highest BCUT2D eigenvalue weighted by molar-refractivity contribution is 7.87. The normalized spacial score (nSPS) is 25.8. The average Bonchev–Trinajstić information content (AvgIpc) is 2.28. The molecule has 0 spiro atoms. The molecule has 1 rings (SSSR count). The van der Waals surface area contributed by atoms with Gasteiger partial charge in [-0.25, -0.2) is 0 Å². The maximum Gasteiger partial charge on any atom is 0.391 e. The second-order valence-electron chi connectivity index (χ2n) is 4.81. The van der Waals surface area contributed by atoms with Crippen LogP contribution in [-0.4, -0.2) is 38.0 Å². The number of alkyl halides is 3. The molecule has 0 aromatic carbocycles. The predicted octanol–water partition coefficient (Wildman–Crippen LogP) is 2.28. The van der Waals surface area contributed by atoms with Crippen LogP contribution in [0.3, 0.4) is 0 Å². The van der Waals surface area contributed by atoms with Crippen LogP contribution >= 0.6 is 0 Å². The van der Waals surface area contributed by atoms with E-state index in [2.05, 4.69) is 4.72 Å². The lowest BCUT2D eigenvalue weighted by Crippen LogP contribution is -2.47. The van der Waals surface area contributed by atoms with Gasteiger partial charge in [0.25, 0.3) is 10.2 Å². The lowest BCUT2D eigenvalue weighted by Gasteiger charge is -2.32. The Morgan fingerprint density at radius 1 is 1.21 bits per heavy atom. The molecule has 2 atom stereocenters. The van der Waals surface area contributed by atoms with E-state index < -0.39 is 28.3 Å². The summed E-state index contributed by atoms with van der Waals surface area (Å²) in [7, 11) is -3.68. The number of halogens is 3. The van der Waals surface area contributed by atoms with Gasteiger partial charge in [0.05, 0.1) is 5.92 Å². The minimum atomic E-state index is -4.24. The summed E-state index contributed by atoms with van der Waals surface area (Å²) in [5.41, 5.74) is 0. The molecule has 0 aromatic heterocycles. The van der Waals surface area contributed by atoms with Gasteiger partial charge in [-0.15, -0.1) is 0 Å². The van der Waals surface area contributed by atoms with Crippen molar-refractivity contribution < 1.29 is 21.6 Å². The fourth-order valence-electron chi connectivity index (χ4n) is 2.44. The maximum absolute atomic E-state index is 12.7. The molecule has 4 nitrogen and oxygen atoms in total. The molecule has 0 amide bonds. The second kappa shape index (κ2) is 6.41. The summed E-state index contributed by atoms with van der Waals surface area (Å²) < 4.78 is 65.5. The van der Waals surface area contributed by atoms with Crippen molar-refractivity contribution in [1.29, 1.82) is 0 Å². The number of rotatable bonds is 5. The molecule has 1 aliphatic rings. The zero-order chi connectivity index (χ0) is 14.7. The van der Waals surface area contributed by atoms with E-state index in [1.807, 2.05) is 0 Å². The number of nitrogens with zero attached hydrogens (tertiary/aromatic N) is 1. The summed E-state index contributed by atoms with van der Waals surface area (Å²) >= 11 is 0. The van der Waals surface area contributed by atoms with Crippen LogP contribution in [0, 0.1) is 5.92 Å². The van der Waals surface area contributed by atoms with E-state index in [-0.39, 0.29) is 12.8 Å². The smallest absolute Gasteiger partial charge is 0.199 e. The van der Waals surface area contributed by atoms with Crippen molar-refractivity contribution in [2.24, 2.45) is 5.92 Å². The molecule has 0 radical (unpaired) electrons. The molecule has 1 N–H and O–H groups in total. The molecular formula is C11H21F3N2O2S. The Morgan fingerprint density at radius 3 is 2.26 bits per heavy atom. The molecule has 1 saturated carbocycles. The fraction of sp³-hybridized carbons (Fsp3) is 1.00. The van der Waals surface area contributed by atoms with Gasteiger partial charge in [-0.3, -0.25) is 0 Å². The minimum Gasteiger partial charge on any atom is -0.199 e. The van der Waals surface area contributed by atoms with Crippen LogP contribution in [0.2, 0.25) is 0 Å². The Morgan fingerprint density at radius 2 is 1.79 bits per heavy atom. The third-order valence-electron chi connectivity index (χ3n) is 3.50. The van der Waals surface area contributed by atoms with Gasteiger partial charge in [-0.2, -0.15) is 30.6 Å². The van der Waals surface area contributed by atoms with Crippen LogP contribution in [-0.2, 0) is 10.2 Å². The second-order valence-corrected chi connectivity index (χ2v) is 6.51. The van der Waals surface area contributed by atoms with Crippen molar-refractivity contribution in [2.75, 3.05) is 13.1 Å². The van der Waals surface area contributed by atoms with Gasteiger partial charge in [0, 0.05) is 19.1 Å². The largest absolute Gasteiger partial charge is 0.391 e. The molecule has 1 fully saturated rings. The standard InChI is InChI=1S/C11H21F3N2O2S/c1-3-16(4-2)19(17,18)15-10-7-5-6-9(8-10)11(12,13)14/h9-10,15H,3-8H2,1-2H3/t9-,10-/m1/s1. The van der Waals surface area contributed by atoms with Crippen LogP contribution in [0.5, 0.6) is 0 Å². The Hall–Kier alpha value is -0.340. The van der Waals surface area contributed by atoms with Crippen LogP contribution in [0.1, 0.15) is 39.5 Å². The molecule has 0 heterocycles. The summed E-state index contributed by atoms with van der Waals surface area (Å²) in [6, 6.07) is -0.619. The highest BCUT2D eigenvalue weighted by Crippen LogP contribution is 2.37. The summed E-state index contributed by atoms with van der Waals surface area (Å²) in [4.78, 5) is 0. The highest BCUT2D eigenvalue weighted by atomic mass is 32.2. The van der Waals surface area contributed by atoms with E-state index >= 15 is 0 Å². The third kappa shape index (κ3) is 4.61. The van der Waals surface area contributed by atoms with Gasteiger partial charge in [0.15, 0.2) is 0 Å². The van der Waals surface area contributed by atoms with E-state index in [0.29, 0.717) is 25.9 Å². The fourth-order valence-corrected chi connectivity index (χ4v) is 3.91. The molecule has 0 saturated heterocycles. The van der Waals surface area contributed by atoms with Crippen LogP contribution < -0.4 is 4.72 Å². The zero-order valence-electron chi connectivity index (χ0n) is 11.2. The Bertz CT molecular complexity index is 380. The maximum atomic E-state index is 12.7. The molecule has 0 bridgehead atoms. The summed E-state index contributed by atoms with van der Waals surface area (Å²) in [5, 5.41) is 0. The molecule has 0 aromatic rings. The highest BCUT2D eigenvalue weighted by Gasteiger charge is 2.43. The quantitative estimate of drug-likeness (QED) is 0.847. The minimum absolute atomic E-state index is 0.0903. The van der Waals surface area contributed by atoms with E-state index in [1.165, 1.54) is 4.31 Å². The summed E-state index contributed by atoms with van der Waals surface area (Å²) in [5.74, 6) is -1.40. The molecule has 0 unspecified atom stereocenters. The van der Waals surface area contributed by atoms with Crippen molar-refractivity contribution in [3.63, 3.8) is 0 Å². The number of hydrogen-bond donors (Lipinski definition) is 1. The van der Waals surface area contributed by atoms with Crippen LogP contribution in [0.15, 0.2) is 0 Å².